The lowest BCUT2D eigenvalue weighted by molar-refractivity contribution is 0.672. The summed E-state index contributed by atoms with van der Waals surface area (Å²) in [7, 11) is 0. The SMILES string of the molecule is c1ccc(N(c2ccccc2)c2ccc3c(c2)oc2c4cccc5c6c7ccc(N(c8ccccc8)c8ccccc8)cc7oc6c6cccc(c32)c6c45)cc1. The van der Waals surface area contributed by atoms with Gasteiger partial charge in [-0.05, 0) is 83.6 Å². The van der Waals surface area contributed by atoms with Gasteiger partial charge in [-0.15, -0.1) is 0 Å². The van der Waals surface area contributed by atoms with Gasteiger partial charge in [-0.25, -0.2) is 0 Å². The first-order valence-corrected chi connectivity index (χ1v) is 19.0. The standard InChI is InChI=1S/C52H32N2O2/c1-5-15-33(16-6-1)53(34-17-7-2-8-18-34)37-27-29-39-45(31-37)55-51-43-25-14-24-42-48(43)47-41(49(39)51)23-13-26-44(47)52-50(42)40-30-28-38(32-46(40)56-52)54(35-19-9-3-10-20-35)36-21-11-4-12-22-36/h1-32H. The summed E-state index contributed by atoms with van der Waals surface area (Å²) in [5.41, 5.74) is 9.96. The molecular weight excluding hydrogens is 685 g/mol. The average Bonchev–Trinajstić information content (AvgIpc) is 3.84. The number of hydrogen-bond acceptors (Lipinski definition) is 4. The minimum Gasteiger partial charge on any atom is -0.455 e. The maximum Gasteiger partial charge on any atom is 0.143 e. The van der Waals surface area contributed by atoms with E-state index in [0.29, 0.717) is 0 Å². The molecular formula is C52H32N2O2. The molecule has 2 aromatic heterocycles. The number of hydrogen-bond donors (Lipinski definition) is 0. The first-order valence-electron chi connectivity index (χ1n) is 19.0. The van der Waals surface area contributed by atoms with Gasteiger partial charge in [-0.3, -0.25) is 0 Å². The molecule has 10 aromatic carbocycles. The lowest BCUT2D eigenvalue weighted by Crippen LogP contribution is -2.09. The van der Waals surface area contributed by atoms with Gasteiger partial charge in [-0.2, -0.15) is 0 Å². The number of benzene rings is 10. The van der Waals surface area contributed by atoms with Gasteiger partial charge >= 0.3 is 0 Å². The molecule has 0 amide bonds. The largest absolute Gasteiger partial charge is 0.455 e. The zero-order chi connectivity index (χ0) is 36.7. The molecule has 0 N–H and O–H groups in total. The third kappa shape index (κ3) is 4.47. The molecule has 4 heteroatoms. The van der Waals surface area contributed by atoms with E-state index >= 15 is 0 Å². The summed E-state index contributed by atoms with van der Waals surface area (Å²) in [6.45, 7) is 0. The van der Waals surface area contributed by atoms with Gasteiger partial charge in [0.1, 0.15) is 22.3 Å². The predicted molar refractivity (Wildman–Crippen MR) is 234 cm³/mol. The van der Waals surface area contributed by atoms with Crippen molar-refractivity contribution in [2.45, 2.75) is 0 Å². The topological polar surface area (TPSA) is 32.8 Å². The molecule has 0 aliphatic rings. The summed E-state index contributed by atoms with van der Waals surface area (Å²) in [4.78, 5) is 4.56. The van der Waals surface area contributed by atoms with Gasteiger partial charge in [0.2, 0.25) is 0 Å². The van der Waals surface area contributed by atoms with Crippen LogP contribution in [0.3, 0.4) is 0 Å². The van der Waals surface area contributed by atoms with E-state index in [9.17, 15) is 0 Å². The van der Waals surface area contributed by atoms with Crippen LogP contribution in [0.4, 0.5) is 34.1 Å². The summed E-state index contributed by atoms with van der Waals surface area (Å²) in [5, 5.41) is 11.4. The van der Waals surface area contributed by atoms with Gasteiger partial charge in [0.05, 0.1) is 0 Å². The Hall–Kier alpha value is -7.56. The average molecular weight is 717 g/mol. The minimum absolute atomic E-state index is 0.856. The van der Waals surface area contributed by atoms with Crippen LogP contribution in [0.25, 0.3) is 76.2 Å². The van der Waals surface area contributed by atoms with Crippen LogP contribution < -0.4 is 9.80 Å². The number of anilines is 6. The highest BCUT2D eigenvalue weighted by Gasteiger charge is 2.25. The Labute approximate surface area is 322 Å². The summed E-state index contributed by atoms with van der Waals surface area (Å²) in [6, 6.07) is 68.5. The van der Waals surface area contributed by atoms with Gasteiger partial charge in [0.15, 0.2) is 0 Å². The molecule has 0 aliphatic heterocycles. The molecule has 0 fully saturated rings. The zero-order valence-corrected chi connectivity index (χ0v) is 30.2. The second-order valence-corrected chi connectivity index (χ2v) is 14.4. The first-order chi connectivity index (χ1) is 27.8. The number of furan rings is 2. The lowest BCUT2D eigenvalue weighted by Gasteiger charge is -2.25. The Kier molecular flexibility index (Phi) is 6.60. The second kappa shape index (κ2) is 12.0. The molecule has 2 heterocycles. The Balaban J connectivity index is 1.10. The van der Waals surface area contributed by atoms with Gasteiger partial charge in [0.25, 0.3) is 0 Å². The van der Waals surface area contributed by atoms with Crippen molar-refractivity contribution < 1.29 is 8.83 Å². The molecule has 0 radical (unpaired) electrons. The van der Waals surface area contributed by atoms with E-state index in [1.807, 2.05) is 0 Å². The maximum atomic E-state index is 6.98. The summed E-state index contributed by atoms with van der Waals surface area (Å²) in [6.07, 6.45) is 0. The quantitative estimate of drug-likeness (QED) is 0.160. The smallest absolute Gasteiger partial charge is 0.143 e. The first kappa shape index (κ1) is 30.9. The fraction of sp³-hybridized carbons (Fsp3) is 0. The lowest BCUT2D eigenvalue weighted by atomic mass is 9.89. The third-order valence-corrected chi connectivity index (χ3v) is 11.3. The van der Waals surface area contributed by atoms with Crippen molar-refractivity contribution in [3.05, 3.63) is 194 Å². The zero-order valence-electron chi connectivity index (χ0n) is 30.2. The van der Waals surface area contributed by atoms with Crippen LogP contribution in [-0.4, -0.2) is 0 Å². The Bertz CT molecular complexity index is 3100. The molecule has 12 aromatic rings. The monoisotopic (exact) mass is 716 g/mol. The van der Waals surface area contributed by atoms with Crippen molar-refractivity contribution in [2.24, 2.45) is 0 Å². The van der Waals surface area contributed by atoms with Crippen LogP contribution in [0.2, 0.25) is 0 Å². The van der Waals surface area contributed by atoms with E-state index in [4.69, 9.17) is 8.83 Å². The number of fused-ring (bicyclic) bond motifs is 10. The molecule has 4 nitrogen and oxygen atoms in total. The highest BCUT2D eigenvalue weighted by molar-refractivity contribution is 6.43. The summed E-state index contributed by atoms with van der Waals surface area (Å²) < 4.78 is 14.0. The predicted octanol–water partition coefficient (Wildman–Crippen LogP) is 15.3. The third-order valence-electron chi connectivity index (χ3n) is 11.3. The van der Waals surface area contributed by atoms with Crippen LogP contribution in [0, 0.1) is 0 Å². The fourth-order valence-electron chi connectivity index (χ4n) is 9.00. The van der Waals surface area contributed by atoms with E-state index in [2.05, 4.69) is 204 Å². The van der Waals surface area contributed by atoms with Crippen molar-refractivity contribution >= 4 is 110 Å². The Morgan fingerprint density at radius 2 is 0.589 bits per heavy atom. The van der Waals surface area contributed by atoms with E-state index in [-0.39, 0.29) is 0 Å². The van der Waals surface area contributed by atoms with Crippen LogP contribution in [-0.2, 0) is 0 Å². The number of nitrogens with zero attached hydrogens (tertiary/aromatic N) is 2. The fourth-order valence-corrected chi connectivity index (χ4v) is 9.00. The Morgan fingerprint density at radius 3 is 0.946 bits per heavy atom. The van der Waals surface area contributed by atoms with Crippen LogP contribution in [0.15, 0.2) is 203 Å². The summed E-state index contributed by atoms with van der Waals surface area (Å²) >= 11 is 0. The minimum atomic E-state index is 0.856. The molecule has 0 saturated heterocycles. The van der Waals surface area contributed by atoms with Crippen molar-refractivity contribution in [1.82, 2.24) is 0 Å². The molecule has 0 bridgehead atoms. The van der Waals surface area contributed by atoms with Crippen LogP contribution >= 0.6 is 0 Å². The van der Waals surface area contributed by atoms with Gasteiger partial charge in [0, 0.05) is 89.3 Å². The molecule has 12 rings (SSSR count). The highest BCUT2D eigenvalue weighted by atomic mass is 16.3. The van der Waals surface area contributed by atoms with Crippen molar-refractivity contribution in [3.63, 3.8) is 0 Å². The molecule has 56 heavy (non-hydrogen) atoms. The molecule has 0 spiro atoms. The molecule has 0 atom stereocenters. The molecule has 0 aliphatic carbocycles. The Morgan fingerprint density at radius 1 is 0.250 bits per heavy atom. The van der Waals surface area contributed by atoms with E-state index in [0.717, 1.165) is 99.5 Å². The normalized spacial score (nSPS) is 11.9. The van der Waals surface area contributed by atoms with Crippen molar-refractivity contribution in [3.8, 4) is 0 Å². The number of para-hydroxylation sites is 4. The summed E-state index contributed by atoms with van der Waals surface area (Å²) in [5.74, 6) is 0. The maximum absolute atomic E-state index is 6.98. The number of rotatable bonds is 6. The second-order valence-electron chi connectivity index (χ2n) is 14.4. The van der Waals surface area contributed by atoms with E-state index in [1.165, 1.54) is 10.8 Å². The molecule has 0 unspecified atom stereocenters. The van der Waals surface area contributed by atoms with Gasteiger partial charge < -0.3 is 18.6 Å². The highest BCUT2D eigenvalue weighted by Crippen LogP contribution is 2.50. The van der Waals surface area contributed by atoms with E-state index in [1.54, 1.807) is 0 Å². The van der Waals surface area contributed by atoms with Crippen LogP contribution in [0.5, 0.6) is 0 Å². The molecule has 262 valence electrons. The van der Waals surface area contributed by atoms with Crippen molar-refractivity contribution in [1.29, 1.82) is 0 Å². The van der Waals surface area contributed by atoms with Crippen molar-refractivity contribution in [2.75, 3.05) is 9.80 Å². The van der Waals surface area contributed by atoms with Gasteiger partial charge in [-0.1, -0.05) is 109 Å². The van der Waals surface area contributed by atoms with Crippen LogP contribution in [0.1, 0.15) is 0 Å². The van der Waals surface area contributed by atoms with E-state index < -0.39 is 0 Å². The molecule has 0 saturated carbocycles.